The van der Waals surface area contributed by atoms with Crippen LogP contribution in [0.25, 0.3) is 0 Å². The van der Waals surface area contributed by atoms with Crippen LogP contribution in [0.4, 0.5) is 0 Å². The fourth-order valence-electron chi connectivity index (χ4n) is 1.81. The second-order valence-electron chi connectivity index (χ2n) is 3.69. The molecule has 0 aliphatic carbocycles. The van der Waals surface area contributed by atoms with Crippen LogP contribution >= 0.6 is 11.3 Å². The normalized spacial score (nSPS) is 23.1. The van der Waals surface area contributed by atoms with Crippen molar-refractivity contribution in [2.45, 2.75) is 39.3 Å². The lowest BCUT2D eigenvalue weighted by Gasteiger charge is -2.39. The van der Waals surface area contributed by atoms with E-state index in [-0.39, 0.29) is 0 Å². The molecule has 0 bridgehead atoms. The van der Waals surface area contributed by atoms with Gasteiger partial charge in [-0.05, 0) is 19.8 Å². The zero-order valence-corrected chi connectivity index (χ0v) is 9.10. The van der Waals surface area contributed by atoms with E-state index in [2.05, 4.69) is 23.7 Å². The van der Waals surface area contributed by atoms with Crippen molar-refractivity contribution in [3.63, 3.8) is 0 Å². The Morgan fingerprint density at radius 2 is 2.54 bits per heavy atom. The van der Waals surface area contributed by atoms with E-state index in [1.165, 1.54) is 29.3 Å². The minimum Gasteiger partial charge on any atom is -0.294 e. The maximum Gasteiger partial charge on any atom is 0.107 e. The third-order valence-electron chi connectivity index (χ3n) is 2.74. The van der Waals surface area contributed by atoms with Crippen molar-refractivity contribution in [1.82, 2.24) is 9.88 Å². The first kappa shape index (κ1) is 9.16. The highest BCUT2D eigenvalue weighted by atomic mass is 32.1. The monoisotopic (exact) mass is 196 g/mol. The molecule has 1 saturated heterocycles. The Morgan fingerprint density at radius 3 is 3.00 bits per heavy atom. The predicted molar refractivity (Wildman–Crippen MR) is 56.0 cm³/mol. The summed E-state index contributed by atoms with van der Waals surface area (Å²) in [6.45, 7) is 6.71. The van der Waals surface area contributed by atoms with Crippen molar-refractivity contribution in [2.75, 3.05) is 6.54 Å². The molecule has 0 spiro atoms. The van der Waals surface area contributed by atoms with E-state index in [0.717, 1.165) is 12.6 Å². The minimum absolute atomic E-state index is 0.823. The summed E-state index contributed by atoms with van der Waals surface area (Å²) in [4.78, 5) is 8.23. The molecule has 2 nitrogen and oxygen atoms in total. The van der Waals surface area contributed by atoms with Crippen molar-refractivity contribution < 1.29 is 0 Å². The topological polar surface area (TPSA) is 16.1 Å². The Hall–Kier alpha value is -0.410. The van der Waals surface area contributed by atoms with E-state index in [0.29, 0.717) is 0 Å². The van der Waals surface area contributed by atoms with E-state index < -0.39 is 0 Å². The van der Waals surface area contributed by atoms with Gasteiger partial charge in [0.25, 0.3) is 0 Å². The van der Waals surface area contributed by atoms with Crippen molar-refractivity contribution in [3.05, 3.63) is 16.1 Å². The summed E-state index contributed by atoms with van der Waals surface area (Å²) in [6, 6.07) is 0.823. The smallest absolute Gasteiger partial charge is 0.107 e. The Balaban J connectivity index is 1.91. The zero-order chi connectivity index (χ0) is 9.26. The Morgan fingerprint density at radius 1 is 1.69 bits per heavy atom. The van der Waals surface area contributed by atoms with E-state index in [1.54, 1.807) is 0 Å². The van der Waals surface area contributed by atoms with Crippen LogP contribution in [0.3, 0.4) is 0 Å². The third kappa shape index (κ3) is 1.92. The minimum atomic E-state index is 0.823. The van der Waals surface area contributed by atoms with Crippen LogP contribution < -0.4 is 0 Å². The highest BCUT2D eigenvalue weighted by molar-refractivity contribution is 7.11. The van der Waals surface area contributed by atoms with E-state index in [1.807, 2.05) is 17.5 Å². The van der Waals surface area contributed by atoms with Crippen LogP contribution in [0.5, 0.6) is 0 Å². The van der Waals surface area contributed by atoms with Gasteiger partial charge in [0, 0.05) is 23.7 Å². The summed E-state index contributed by atoms with van der Waals surface area (Å²) in [5, 5.41) is 1.27. The molecule has 1 fully saturated rings. The van der Waals surface area contributed by atoms with Crippen LogP contribution in [0.1, 0.15) is 29.7 Å². The molecule has 2 heterocycles. The third-order valence-corrected chi connectivity index (χ3v) is 3.64. The molecule has 1 aliphatic heterocycles. The van der Waals surface area contributed by atoms with Crippen LogP contribution in [0.15, 0.2) is 6.20 Å². The molecule has 1 aromatic rings. The SMILES string of the molecule is CCC1CCN1Cc1ncc(C)s1. The van der Waals surface area contributed by atoms with Crippen molar-refractivity contribution >= 4 is 11.3 Å². The molecule has 3 heteroatoms. The zero-order valence-electron chi connectivity index (χ0n) is 8.29. The van der Waals surface area contributed by atoms with Gasteiger partial charge in [-0.3, -0.25) is 4.90 Å². The first-order valence-electron chi connectivity index (χ1n) is 4.95. The quantitative estimate of drug-likeness (QED) is 0.738. The lowest BCUT2D eigenvalue weighted by Crippen LogP contribution is -2.46. The summed E-state index contributed by atoms with van der Waals surface area (Å²) in [5.74, 6) is 0. The first-order chi connectivity index (χ1) is 6.29. The molecule has 2 rings (SSSR count). The molecule has 0 aromatic carbocycles. The largest absolute Gasteiger partial charge is 0.294 e. The number of aryl methyl sites for hydroxylation is 1. The first-order valence-corrected chi connectivity index (χ1v) is 5.76. The lowest BCUT2D eigenvalue weighted by atomic mass is 10.0. The summed E-state index contributed by atoms with van der Waals surface area (Å²) < 4.78 is 0. The molecule has 1 unspecified atom stereocenters. The number of hydrogen-bond donors (Lipinski definition) is 0. The number of rotatable bonds is 3. The molecular weight excluding hydrogens is 180 g/mol. The van der Waals surface area contributed by atoms with Gasteiger partial charge in [0.05, 0.1) is 6.54 Å². The van der Waals surface area contributed by atoms with Crippen LogP contribution in [-0.4, -0.2) is 22.5 Å². The van der Waals surface area contributed by atoms with Crippen LogP contribution in [0.2, 0.25) is 0 Å². The van der Waals surface area contributed by atoms with Gasteiger partial charge in [-0.15, -0.1) is 11.3 Å². The second-order valence-corrected chi connectivity index (χ2v) is 5.01. The second kappa shape index (κ2) is 3.76. The molecule has 1 aromatic heterocycles. The Labute approximate surface area is 83.6 Å². The fraction of sp³-hybridized carbons (Fsp3) is 0.700. The number of aromatic nitrogens is 1. The average molecular weight is 196 g/mol. The van der Waals surface area contributed by atoms with Crippen LogP contribution in [0, 0.1) is 6.92 Å². The number of hydrogen-bond acceptors (Lipinski definition) is 3. The highest BCUT2D eigenvalue weighted by Crippen LogP contribution is 2.24. The van der Waals surface area contributed by atoms with Gasteiger partial charge < -0.3 is 0 Å². The maximum atomic E-state index is 4.38. The molecule has 1 aliphatic rings. The van der Waals surface area contributed by atoms with E-state index in [4.69, 9.17) is 0 Å². The summed E-state index contributed by atoms with van der Waals surface area (Å²) in [7, 11) is 0. The molecular formula is C10H16N2S. The number of nitrogens with zero attached hydrogens (tertiary/aromatic N) is 2. The number of likely N-dealkylation sites (tertiary alicyclic amines) is 1. The lowest BCUT2D eigenvalue weighted by molar-refractivity contribution is 0.0790. The molecule has 0 N–H and O–H groups in total. The average Bonchev–Trinajstić information content (AvgIpc) is 2.46. The van der Waals surface area contributed by atoms with Gasteiger partial charge in [-0.25, -0.2) is 4.98 Å². The summed E-state index contributed by atoms with van der Waals surface area (Å²) >= 11 is 1.83. The van der Waals surface area contributed by atoms with Gasteiger partial charge in [0.1, 0.15) is 5.01 Å². The number of thiazole rings is 1. The van der Waals surface area contributed by atoms with E-state index >= 15 is 0 Å². The van der Waals surface area contributed by atoms with Crippen LogP contribution in [-0.2, 0) is 6.54 Å². The van der Waals surface area contributed by atoms with Gasteiger partial charge >= 0.3 is 0 Å². The molecule has 0 amide bonds. The molecule has 0 radical (unpaired) electrons. The maximum absolute atomic E-state index is 4.38. The van der Waals surface area contributed by atoms with Crippen molar-refractivity contribution in [2.24, 2.45) is 0 Å². The molecule has 13 heavy (non-hydrogen) atoms. The Kier molecular flexibility index (Phi) is 2.65. The van der Waals surface area contributed by atoms with Gasteiger partial charge in [-0.1, -0.05) is 6.92 Å². The Bertz CT molecular complexity index is 280. The standard InChI is InChI=1S/C10H16N2S/c1-3-9-4-5-12(9)7-10-11-6-8(2)13-10/h6,9H,3-5,7H2,1-2H3. The van der Waals surface area contributed by atoms with Gasteiger partial charge in [0.15, 0.2) is 0 Å². The fourth-order valence-corrected chi connectivity index (χ4v) is 2.63. The van der Waals surface area contributed by atoms with Gasteiger partial charge in [0.2, 0.25) is 0 Å². The van der Waals surface area contributed by atoms with Crippen molar-refractivity contribution in [3.8, 4) is 0 Å². The van der Waals surface area contributed by atoms with Crippen molar-refractivity contribution in [1.29, 1.82) is 0 Å². The molecule has 72 valence electrons. The summed E-state index contributed by atoms with van der Waals surface area (Å²) in [5.41, 5.74) is 0. The highest BCUT2D eigenvalue weighted by Gasteiger charge is 2.26. The summed E-state index contributed by atoms with van der Waals surface area (Å²) in [6.07, 6.45) is 4.63. The van der Waals surface area contributed by atoms with E-state index in [9.17, 15) is 0 Å². The molecule has 0 saturated carbocycles. The predicted octanol–water partition coefficient (Wildman–Crippen LogP) is 2.44. The molecule has 1 atom stereocenters. The van der Waals surface area contributed by atoms with Gasteiger partial charge in [-0.2, -0.15) is 0 Å².